The van der Waals surface area contributed by atoms with Gasteiger partial charge in [-0.2, -0.15) is 0 Å². The molecule has 17 N–H and O–H groups in total. The maximum atomic E-state index is 12.6. The van der Waals surface area contributed by atoms with Gasteiger partial charge in [0.15, 0.2) is 31.5 Å². The smallest absolute Gasteiger partial charge is 0.217 e. The number of hydrogen-bond donors (Lipinski definition) is 17. The summed E-state index contributed by atoms with van der Waals surface area (Å²) in [6.45, 7) is -1.19. The summed E-state index contributed by atoms with van der Waals surface area (Å²) in [4.78, 5) is 37.2. The van der Waals surface area contributed by atoms with Crippen LogP contribution in [0.1, 0.15) is 20.8 Å². The van der Waals surface area contributed by atoms with Crippen LogP contribution in [0, 0.1) is 0 Å². The van der Waals surface area contributed by atoms with Gasteiger partial charge < -0.3 is 130 Å². The molecule has 5 saturated heterocycles. The standard InChI is InChI=1S/C36H61N3O26/c1-9(44)37-17-24(51)29(63-35-27(54)25(52)20(47)12(4-40)60-35)15(7-43)62-33(17)57-8-16-23(50)30(18(32(56)58-16)38-10(2)45)64-34-19(39-11(3)46)31(22(49)14(6-42)59-34)65-36-28(55)26(53)21(48)13(5-41)61-36/h12-36,40-43,47-56H,4-8H2,1-3H3,(H,37,44)(H,38,45)(H,39,46)/t12-,13-,14-,15-,16-,17-,18-,19-,20+,21+,22-,23+,24-,25+,26+,27-,28-,29-,30-,31-,32+,33-,34+,35+,36+/m1/s1. The molecular weight excluding hydrogens is 890 g/mol. The lowest BCUT2D eigenvalue weighted by atomic mass is 9.93. The predicted octanol–water partition coefficient (Wildman–Crippen LogP) is -11.5. The van der Waals surface area contributed by atoms with Gasteiger partial charge in [-0.05, 0) is 0 Å². The van der Waals surface area contributed by atoms with Crippen LogP contribution in [0.25, 0.3) is 0 Å². The van der Waals surface area contributed by atoms with Crippen molar-refractivity contribution in [1.29, 1.82) is 0 Å². The fourth-order valence-electron chi connectivity index (χ4n) is 8.14. The van der Waals surface area contributed by atoms with Crippen molar-refractivity contribution in [3.8, 4) is 0 Å². The van der Waals surface area contributed by atoms with Crippen LogP contribution in [0.4, 0.5) is 0 Å². The zero-order chi connectivity index (χ0) is 48.2. The first-order valence-electron chi connectivity index (χ1n) is 20.6. The van der Waals surface area contributed by atoms with Crippen molar-refractivity contribution in [2.24, 2.45) is 0 Å². The van der Waals surface area contributed by atoms with E-state index < -0.39 is 204 Å². The Morgan fingerprint density at radius 3 is 1.28 bits per heavy atom. The van der Waals surface area contributed by atoms with E-state index in [-0.39, 0.29) is 0 Å². The minimum Gasteiger partial charge on any atom is -0.394 e. The van der Waals surface area contributed by atoms with Gasteiger partial charge in [0.1, 0.15) is 122 Å². The van der Waals surface area contributed by atoms with E-state index in [2.05, 4.69) is 16.0 Å². The summed E-state index contributed by atoms with van der Waals surface area (Å²) in [5.41, 5.74) is 0. The quantitative estimate of drug-likeness (QED) is 0.0683. The van der Waals surface area contributed by atoms with Crippen LogP contribution in [0.15, 0.2) is 0 Å². The summed E-state index contributed by atoms with van der Waals surface area (Å²) < 4.78 is 51.5. The Morgan fingerprint density at radius 1 is 0.400 bits per heavy atom. The van der Waals surface area contributed by atoms with Crippen LogP contribution in [-0.4, -0.2) is 276 Å². The molecular formula is C36H61N3O26. The van der Waals surface area contributed by atoms with E-state index in [0.717, 1.165) is 20.8 Å². The molecule has 3 amide bonds. The van der Waals surface area contributed by atoms with Crippen LogP contribution in [0.3, 0.4) is 0 Å². The van der Waals surface area contributed by atoms with Gasteiger partial charge in [0, 0.05) is 20.8 Å². The molecule has 5 aliphatic heterocycles. The van der Waals surface area contributed by atoms with Crippen LogP contribution in [0.2, 0.25) is 0 Å². The van der Waals surface area contributed by atoms with E-state index in [1.54, 1.807) is 0 Å². The molecule has 5 rings (SSSR count). The number of rotatable bonds is 16. The maximum absolute atomic E-state index is 12.6. The highest BCUT2D eigenvalue weighted by atomic mass is 16.8. The first-order chi connectivity index (χ1) is 30.7. The largest absolute Gasteiger partial charge is 0.394 e. The van der Waals surface area contributed by atoms with E-state index in [9.17, 15) is 85.9 Å². The summed E-state index contributed by atoms with van der Waals surface area (Å²) in [5.74, 6) is -2.33. The number of ether oxygens (including phenoxy) is 9. The van der Waals surface area contributed by atoms with Gasteiger partial charge in [0.25, 0.3) is 0 Å². The molecule has 65 heavy (non-hydrogen) atoms. The Labute approximate surface area is 369 Å². The predicted molar refractivity (Wildman–Crippen MR) is 201 cm³/mol. The zero-order valence-electron chi connectivity index (χ0n) is 35.1. The van der Waals surface area contributed by atoms with Crippen LogP contribution < -0.4 is 16.0 Å². The van der Waals surface area contributed by atoms with E-state index in [1.807, 2.05) is 0 Å². The van der Waals surface area contributed by atoms with Gasteiger partial charge in [0.05, 0.1) is 33.0 Å². The molecule has 0 aromatic heterocycles. The first kappa shape index (κ1) is 53.4. The van der Waals surface area contributed by atoms with E-state index >= 15 is 0 Å². The Balaban J connectivity index is 1.38. The number of amides is 3. The highest BCUT2D eigenvalue weighted by Crippen LogP contribution is 2.34. The highest BCUT2D eigenvalue weighted by Gasteiger charge is 2.56. The second-order valence-electron chi connectivity index (χ2n) is 16.2. The van der Waals surface area contributed by atoms with Crippen LogP contribution >= 0.6 is 0 Å². The van der Waals surface area contributed by atoms with Crippen molar-refractivity contribution in [1.82, 2.24) is 16.0 Å². The fraction of sp³-hybridized carbons (Fsp3) is 0.917. The SMILES string of the molecule is CC(=O)N[C@@H]1[C@@H](O[C@@H]2O[C@H](CO)[C@@H](O)[C@H](O[C@@H]3O[C@H](CO)[C@H](O)[C@H](O)[C@H]3O)[C@H]2NC(C)=O)[C@@H](O)[C@@H](CO[C@@H]2O[C@H](CO)[C@@H](O[C@@H]3O[C@H](CO)[C@H](O)[C@H](O)[C@H]3O)[C@H](O)[C@H]2NC(C)=O)O[C@@H]1O. The van der Waals surface area contributed by atoms with Gasteiger partial charge in [-0.3, -0.25) is 14.4 Å². The number of carbonyl (C=O) groups excluding carboxylic acids is 3. The lowest BCUT2D eigenvalue weighted by molar-refractivity contribution is -0.360. The average Bonchev–Trinajstić information content (AvgIpc) is 3.25. The number of carbonyl (C=O) groups is 3. The zero-order valence-corrected chi connectivity index (χ0v) is 35.1. The summed E-state index contributed by atoms with van der Waals surface area (Å²) in [7, 11) is 0. The number of aliphatic hydroxyl groups excluding tert-OH is 14. The summed E-state index contributed by atoms with van der Waals surface area (Å²) >= 11 is 0. The van der Waals surface area contributed by atoms with E-state index in [1.165, 1.54) is 0 Å². The second kappa shape index (κ2) is 23.2. The Morgan fingerprint density at radius 2 is 0.785 bits per heavy atom. The molecule has 0 spiro atoms. The molecule has 0 aromatic rings. The molecule has 0 saturated carbocycles. The normalized spacial score (nSPS) is 47.1. The number of aliphatic hydroxyl groups is 14. The van der Waals surface area contributed by atoms with Gasteiger partial charge in [-0.25, -0.2) is 0 Å². The summed E-state index contributed by atoms with van der Waals surface area (Å²) in [6, 6.07) is -4.89. The van der Waals surface area contributed by atoms with E-state index in [4.69, 9.17) is 42.6 Å². The number of nitrogens with one attached hydrogen (secondary N) is 3. The minimum absolute atomic E-state index is 0.752. The summed E-state index contributed by atoms with van der Waals surface area (Å²) in [5, 5.41) is 155. The number of hydrogen-bond acceptors (Lipinski definition) is 26. The van der Waals surface area contributed by atoms with Crippen molar-refractivity contribution in [3.63, 3.8) is 0 Å². The Kier molecular flexibility index (Phi) is 19.1. The molecule has 0 radical (unpaired) electrons. The third kappa shape index (κ3) is 12.0. The molecule has 0 unspecified atom stereocenters. The molecule has 29 heteroatoms. The Hall–Kier alpha value is -2.51. The van der Waals surface area contributed by atoms with Gasteiger partial charge in [-0.15, -0.1) is 0 Å². The lowest BCUT2D eigenvalue weighted by Crippen LogP contribution is -2.71. The summed E-state index contributed by atoms with van der Waals surface area (Å²) in [6.07, 6.45) is -39.3. The van der Waals surface area contributed by atoms with Crippen molar-refractivity contribution in [2.75, 3.05) is 33.0 Å². The molecule has 0 aliphatic carbocycles. The average molecular weight is 952 g/mol. The minimum atomic E-state index is -2.03. The molecule has 0 bridgehead atoms. The molecule has 5 heterocycles. The van der Waals surface area contributed by atoms with Crippen molar-refractivity contribution in [3.05, 3.63) is 0 Å². The molecule has 0 aromatic carbocycles. The van der Waals surface area contributed by atoms with Crippen LogP contribution in [-0.2, 0) is 57.0 Å². The maximum Gasteiger partial charge on any atom is 0.217 e. The third-order valence-corrected chi connectivity index (χ3v) is 11.5. The van der Waals surface area contributed by atoms with Gasteiger partial charge in [-0.1, -0.05) is 0 Å². The van der Waals surface area contributed by atoms with Crippen molar-refractivity contribution >= 4 is 17.7 Å². The molecule has 25 atom stereocenters. The fourth-order valence-corrected chi connectivity index (χ4v) is 8.14. The molecule has 5 fully saturated rings. The lowest BCUT2D eigenvalue weighted by Gasteiger charge is -2.50. The van der Waals surface area contributed by atoms with Crippen molar-refractivity contribution < 1.29 is 129 Å². The monoisotopic (exact) mass is 951 g/mol. The highest BCUT2D eigenvalue weighted by molar-refractivity contribution is 5.74. The van der Waals surface area contributed by atoms with Gasteiger partial charge in [0.2, 0.25) is 17.7 Å². The first-order valence-corrected chi connectivity index (χ1v) is 20.6. The molecule has 5 aliphatic rings. The topological polar surface area (TPSA) is 454 Å². The third-order valence-electron chi connectivity index (χ3n) is 11.5. The Bertz CT molecular complexity index is 1550. The second-order valence-corrected chi connectivity index (χ2v) is 16.2. The molecule has 29 nitrogen and oxygen atoms in total. The van der Waals surface area contributed by atoms with Crippen LogP contribution in [0.5, 0.6) is 0 Å². The van der Waals surface area contributed by atoms with E-state index in [0.29, 0.717) is 0 Å². The van der Waals surface area contributed by atoms with Crippen molar-refractivity contribution in [2.45, 2.75) is 174 Å². The molecule has 376 valence electrons. The van der Waals surface area contributed by atoms with Gasteiger partial charge >= 0.3 is 0 Å².